The summed E-state index contributed by atoms with van der Waals surface area (Å²) in [6.45, 7) is 1.71. The van der Waals surface area contributed by atoms with Crippen LogP contribution in [-0.2, 0) is 0 Å². The molecule has 3 aromatic rings. The zero-order valence-corrected chi connectivity index (χ0v) is 13.3. The van der Waals surface area contributed by atoms with Crippen LogP contribution in [0.25, 0.3) is 0 Å². The number of benzene rings is 1. The van der Waals surface area contributed by atoms with Gasteiger partial charge in [-0.3, -0.25) is 9.78 Å². The van der Waals surface area contributed by atoms with Gasteiger partial charge in [-0.15, -0.1) is 0 Å². The number of pyridine rings is 1. The summed E-state index contributed by atoms with van der Waals surface area (Å²) in [5.74, 6) is -0.148. The molecule has 1 amide bonds. The standard InChI is InChI=1S/C18H16FN3O2/c1-12-10-16(21-24-12)18(23)22(2)17(15-8-3-4-9-20-15)13-6-5-7-14(19)11-13/h3-11,17H,1-2H3. The van der Waals surface area contributed by atoms with E-state index in [4.69, 9.17) is 4.52 Å². The van der Waals surface area contributed by atoms with Crippen LogP contribution in [0.3, 0.4) is 0 Å². The fourth-order valence-electron chi connectivity index (χ4n) is 2.57. The van der Waals surface area contributed by atoms with E-state index < -0.39 is 6.04 Å². The number of amides is 1. The third kappa shape index (κ3) is 3.17. The Morgan fingerprint density at radius 2 is 2.04 bits per heavy atom. The van der Waals surface area contributed by atoms with Crippen LogP contribution in [0.15, 0.2) is 59.3 Å². The topological polar surface area (TPSA) is 59.2 Å². The molecule has 1 unspecified atom stereocenters. The maximum Gasteiger partial charge on any atom is 0.276 e. The van der Waals surface area contributed by atoms with Gasteiger partial charge in [0, 0.05) is 19.3 Å². The Morgan fingerprint density at radius 3 is 2.67 bits per heavy atom. The molecule has 0 N–H and O–H groups in total. The second kappa shape index (κ2) is 6.62. The lowest BCUT2D eigenvalue weighted by molar-refractivity contribution is 0.0742. The van der Waals surface area contributed by atoms with Gasteiger partial charge in [-0.2, -0.15) is 0 Å². The molecule has 0 bridgehead atoms. The van der Waals surface area contributed by atoms with Crippen LogP contribution in [0.4, 0.5) is 4.39 Å². The van der Waals surface area contributed by atoms with Crippen molar-refractivity contribution in [2.24, 2.45) is 0 Å². The molecule has 3 rings (SSSR count). The van der Waals surface area contributed by atoms with Crippen LogP contribution in [0.1, 0.15) is 33.5 Å². The van der Waals surface area contributed by atoms with Crippen LogP contribution in [0.2, 0.25) is 0 Å². The van der Waals surface area contributed by atoms with Crippen molar-refractivity contribution in [3.05, 3.63) is 83.3 Å². The van der Waals surface area contributed by atoms with Gasteiger partial charge < -0.3 is 9.42 Å². The van der Waals surface area contributed by atoms with Crippen molar-refractivity contribution in [2.75, 3.05) is 7.05 Å². The molecule has 0 aliphatic heterocycles. The Morgan fingerprint density at radius 1 is 1.21 bits per heavy atom. The largest absolute Gasteiger partial charge is 0.361 e. The predicted molar refractivity (Wildman–Crippen MR) is 85.8 cm³/mol. The Kier molecular flexibility index (Phi) is 4.37. The first-order chi connectivity index (χ1) is 11.6. The zero-order chi connectivity index (χ0) is 17.1. The molecule has 0 aliphatic carbocycles. The molecule has 24 heavy (non-hydrogen) atoms. The minimum absolute atomic E-state index is 0.201. The number of carbonyl (C=O) groups excluding carboxylic acids is 1. The molecule has 0 saturated heterocycles. The highest BCUT2D eigenvalue weighted by molar-refractivity contribution is 5.92. The molecule has 1 atom stereocenters. The summed E-state index contributed by atoms with van der Waals surface area (Å²) < 4.78 is 18.7. The number of aromatic nitrogens is 2. The highest BCUT2D eigenvalue weighted by Crippen LogP contribution is 2.27. The third-order valence-electron chi connectivity index (χ3n) is 3.69. The molecule has 122 valence electrons. The first-order valence-corrected chi connectivity index (χ1v) is 7.43. The monoisotopic (exact) mass is 325 g/mol. The molecule has 2 heterocycles. The quantitative estimate of drug-likeness (QED) is 0.738. The van der Waals surface area contributed by atoms with E-state index in [2.05, 4.69) is 10.1 Å². The summed E-state index contributed by atoms with van der Waals surface area (Å²) >= 11 is 0. The van der Waals surface area contributed by atoms with E-state index in [1.54, 1.807) is 50.5 Å². The summed E-state index contributed by atoms with van der Waals surface area (Å²) in [5.41, 5.74) is 1.47. The van der Waals surface area contributed by atoms with E-state index >= 15 is 0 Å². The van der Waals surface area contributed by atoms with Crippen molar-refractivity contribution >= 4 is 5.91 Å². The first kappa shape index (κ1) is 15.9. The van der Waals surface area contributed by atoms with Crippen molar-refractivity contribution in [1.29, 1.82) is 0 Å². The molecule has 0 saturated carbocycles. The number of aryl methyl sites for hydroxylation is 1. The van der Waals surface area contributed by atoms with E-state index in [1.165, 1.54) is 17.0 Å². The van der Waals surface area contributed by atoms with Crippen molar-refractivity contribution in [2.45, 2.75) is 13.0 Å². The molecule has 0 radical (unpaired) electrons. The molecular weight excluding hydrogens is 309 g/mol. The summed E-state index contributed by atoms with van der Waals surface area (Å²) in [6, 6.07) is 12.6. The average Bonchev–Trinajstić information content (AvgIpc) is 3.02. The summed E-state index contributed by atoms with van der Waals surface area (Å²) in [7, 11) is 1.64. The minimum Gasteiger partial charge on any atom is -0.361 e. The average molecular weight is 325 g/mol. The summed E-state index contributed by atoms with van der Waals surface area (Å²) in [4.78, 5) is 18.5. The van der Waals surface area contributed by atoms with Gasteiger partial charge in [-0.1, -0.05) is 23.4 Å². The Balaban J connectivity index is 2.02. The van der Waals surface area contributed by atoms with E-state index in [9.17, 15) is 9.18 Å². The molecule has 2 aromatic heterocycles. The maximum absolute atomic E-state index is 13.7. The number of hydrogen-bond acceptors (Lipinski definition) is 4. The van der Waals surface area contributed by atoms with Gasteiger partial charge in [0.05, 0.1) is 11.7 Å². The van der Waals surface area contributed by atoms with Gasteiger partial charge in [-0.05, 0) is 36.8 Å². The fraction of sp³-hybridized carbons (Fsp3) is 0.167. The maximum atomic E-state index is 13.7. The van der Waals surface area contributed by atoms with E-state index in [1.807, 2.05) is 6.07 Å². The third-order valence-corrected chi connectivity index (χ3v) is 3.69. The van der Waals surface area contributed by atoms with Crippen LogP contribution < -0.4 is 0 Å². The zero-order valence-electron chi connectivity index (χ0n) is 13.3. The highest BCUT2D eigenvalue weighted by atomic mass is 19.1. The van der Waals surface area contributed by atoms with Crippen molar-refractivity contribution < 1.29 is 13.7 Å². The van der Waals surface area contributed by atoms with Gasteiger partial charge in [-0.25, -0.2) is 4.39 Å². The van der Waals surface area contributed by atoms with Gasteiger partial charge in [0.15, 0.2) is 5.69 Å². The van der Waals surface area contributed by atoms with Gasteiger partial charge in [0.2, 0.25) is 0 Å². The van der Waals surface area contributed by atoms with Crippen LogP contribution in [-0.4, -0.2) is 28.0 Å². The van der Waals surface area contributed by atoms with Crippen molar-refractivity contribution in [1.82, 2.24) is 15.0 Å². The lowest BCUT2D eigenvalue weighted by atomic mass is 10.0. The number of nitrogens with zero attached hydrogens (tertiary/aromatic N) is 3. The van der Waals surface area contributed by atoms with E-state index in [-0.39, 0.29) is 17.4 Å². The second-order valence-corrected chi connectivity index (χ2v) is 5.45. The molecule has 5 nitrogen and oxygen atoms in total. The van der Waals surface area contributed by atoms with E-state index in [0.29, 0.717) is 17.0 Å². The van der Waals surface area contributed by atoms with Crippen molar-refractivity contribution in [3.8, 4) is 0 Å². The predicted octanol–water partition coefficient (Wildman–Crippen LogP) is 3.38. The molecule has 0 fully saturated rings. The molecular formula is C18H16FN3O2. The smallest absolute Gasteiger partial charge is 0.276 e. The normalized spacial score (nSPS) is 12.0. The SMILES string of the molecule is Cc1cc(C(=O)N(C)C(c2cccc(F)c2)c2ccccn2)no1. The fourth-order valence-corrected chi connectivity index (χ4v) is 2.57. The van der Waals surface area contributed by atoms with Crippen molar-refractivity contribution in [3.63, 3.8) is 0 Å². The highest BCUT2D eigenvalue weighted by Gasteiger charge is 2.27. The van der Waals surface area contributed by atoms with Gasteiger partial charge >= 0.3 is 0 Å². The number of carbonyl (C=O) groups is 1. The number of rotatable bonds is 4. The van der Waals surface area contributed by atoms with Crippen LogP contribution in [0, 0.1) is 12.7 Å². The van der Waals surface area contributed by atoms with Gasteiger partial charge in [0.25, 0.3) is 5.91 Å². The molecule has 0 spiro atoms. The van der Waals surface area contributed by atoms with Crippen LogP contribution >= 0.6 is 0 Å². The lowest BCUT2D eigenvalue weighted by Gasteiger charge is -2.27. The van der Waals surface area contributed by atoms with Crippen LogP contribution in [0.5, 0.6) is 0 Å². The summed E-state index contributed by atoms with van der Waals surface area (Å²) in [5, 5.41) is 3.76. The number of halogens is 1. The Hall–Kier alpha value is -3.02. The van der Waals surface area contributed by atoms with E-state index in [0.717, 1.165) is 0 Å². The number of hydrogen-bond donors (Lipinski definition) is 0. The second-order valence-electron chi connectivity index (χ2n) is 5.45. The molecule has 6 heteroatoms. The first-order valence-electron chi connectivity index (χ1n) is 7.43. The molecule has 0 aliphatic rings. The Labute approximate surface area is 138 Å². The lowest BCUT2D eigenvalue weighted by Crippen LogP contribution is -2.32. The molecule has 1 aromatic carbocycles. The minimum atomic E-state index is -0.536. The Bertz CT molecular complexity index is 848. The summed E-state index contributed by atoms with van der Waals surface area (Å²) in [6.07, 6.45) is 1.64. The van der Waals surface area contributed by atoms with Gasteiger partial charge in [0.1, 0.15) is 11.6 Å².